The van der Waals surface area contributed by atoms with E-state index in [1.54, 1.807) is 54.1 Å². The third kappa shape index (κ3) is 2.47. The maximum absolute atomic E-state index is 15.3. The number of hydrogen-bond acceptors (Lipinski definition) is 4. The molecule has 0 aliphatic carbocycles. The molecule has 0 spiro atoms. The number of hydrogen-bond donors (Lipinski definition) is 0. The van der Waals surface area contributed by atoms with Crippen molar-refractivity contribution in [2.45, 2.75) is 6.04 Å². The van der Waals surface area contributed by atoms with Gasteiger partial charge in [0, 0.05) is 31.9 Å². The van der Waals surface area contributed by atoms with Gasteiger partial charge in [0.05, 0.1) is 45.9 Å². The average Bonchev–Trinajstić information content (AvgIpc) is 3.24. The fraction of sp³-hybridized carbons (Fsp3) is 0.174. The minimum absolute atomic E-state index is 0.0607. The number of nitrogens with zero attached hydrogens (tertiary/aromatic N) is 5. The summed E-state index contributed by atoms with van der Waals surface area (Å²) in [4.78, 5) is 17.7. The van der Waals surface area contributed by atoms with Crippen LogP contribution in [0, 0.1) is 11.6 Å². The van der Waals surface area contributed by atoms with Crippen LogP contribution < -0.4 is 10.4 Å². The molecule has 1 unspecified atom stereocenters. The fourth-order valence-corrected chi connectivity index (χ4v) is 4.53. The van der Waals surface area contributed by atoms with Crippen molar-refractivity contribution in [2.75, 3.05) is 6.61 Å². The van der Waals surface area contributed by atoms with E-state index in [0.717, 1.165) is 0 Å². The van der Waals surface area contributed by atoms with E-state index in [4.69, 9.17) is 4.74 Å². The number of ether oxygens (including phenoxy) is 1. The van der Waals surface area contributed by atoms with Gasteiger partial charge in [-0.05, 0) is 17.7 Å². The molecule has 32 heavy (non-hydrogen) atoms. The molecule has 7 nitrogen and oxygen atoms in total. The molecule has 9 heteroatoms. The van der Waals surface area contributed by atoms with E-state index in [1.165, 1.54) is 22.8 Å². The third-order valence-corrected chi connectivity index (χ3v) is 6.06. The van der Waals surface area contributed by atoms with E-state index < -0.39 is 11.9 Å². The summed E-state index contributed by atoms with van der Waals surface area (Å²) in [5.41, 5.74) is 2.87. The Balaban J connectivity index is 1.74. The predicted octanol–water partition coefficient (Wildman–Crippen LogP) is 3.55. The van der Waals surface area contributed by atoms with Gasteiger partial charge in [-0.25, -0.2) is 13.6 Å². The first-order valence-corrected chi connectivity index (χ1v) is 10.0. The van der Waals surface area contributed by atoms with Crippen LogP contribution in [-0.2, 0) is 14.1 Å². The topological polar surface area (TPSA) is 66.9 Å². The molecule has 0 fully saturated rings. The Morgan fingerprint density at radius 2 is 1.91 bits per heavy atom. The smallest absolute Gasteiger partial charge is 0.329 e. The van der Waals surface area contributed by atoms with Crippen LogP contribution in [0.4, 0.5) is 8.78 Å². The SMILES string of the molecule is Cn1cc(-c2c(F)cc3ncc4c5c3c2OCC(c2ccc(F)cc2)n5c(=O)n4C)cn1. The van der Waals surface area contributed by atoms with Gasteiger partial charge in [0.15, 0.2) is 0 Å². The third-order valence-electron chi connectivity index (χ3n) is 6.06. The molecule has 6 rings (SSSR count). The predicted molar refractivity (Wildman–Crippen MR) is 115 cm³/mol. The molecule has 2 aromatic carbocycles. The Labute approximate surface area is 180 Å². The van der Waals surface area contributed by atoms with Crippen molar-refractivity contribution in [3.8, 4) is 16.9 Å². The number of halogens is 2. The van der Waals surface area contributed by atoms with Gasteiger partial charge in [-0.2, -0.15) is 5.10 Å². The lowest BCUT2D eigenvalue weighted by Crippen LogP contribution is -2.29. The molecule has 1 atom stereocenters. The van der Waals surface area contributed by atoms with Crippen molar-refractivity contribution < 1.29 is 13.5 Å². The van der Waals surface area contributed by atoms with E-state index in [0.29, 0.717) is 38.8 Å². The van der Waals surface area contributed by atoms with E-state index in [-0.39, 0.29) is 23.7 Å². The van der Waals surface area contributed by atoms with Gasteiger partial charge in [-0.3, -0.25) is 18.8 Å². The second kappa shape index (κ2) is 6.49. The summed E-state index contributed by atoms with van der Waals surface area (Å²) >= 11 is 0. The summed E-state index contributed by atoms with van der Waals surface area (Å²) in [6, 6.07) is 6.78. The lowest BCUT2D eigenvalue weighted by Gasteiger charge is -2.18. The first-order valence-electron chi connectivity index (χ1n) is 10.0. The van der Waals surface area contributed by atoms with E-state index in [1.807, 2.05) is 0 Å². The molecule has 1 aliphatic heterocycles. The first-order chi connectivity index (χ1) is 15.4. The van der Waals surface area contributed by atoms with Crippen LogP contribution in [0.1, 0.15) is 11.6 Å². The minimum atomic E-state index is -0.533. The number of aryl methyl sites for hydroxylation is 2. The molecule has 0 amide bonds. The fourth-order valence-electron chi connectivity index (χ4n) is 4.53. The standard InChI is InChI=1S/C23H17F2N5O2/c1-28-10-13(8-27-28)19-15(25)7-16-20-21-17(9-26-16)29(2)23(31)30(21)18(11-32-22(19)20)12-3-5-14(24)6-4-12/h3-10,18H,11H2,1-2H3. The van der Waals surface area contributed by atoms with Crippen molar-refractivity contribution >= 4 is 21.9 Å². The van der Waals surface area contributed by atoms with Crippen LogP contribution in [0.3, 0.4) is 0 Å². The zero-order valence-electron chi connectivity index (χ0n) is 17.2. The summed E-state index contributed by atoms with van der Waals surface area (Å²) in [7, 11) is 3.42. The van der Waals surface area contributed by atoms with Crippen LogP contribution in [0.5, 0.6) is 5.75 Å². The molecule has 1 aliphatic rings. The van der Waals surface area contributed by atoms with E-state index in [9.17, 15) is 9.18 Å². The molecule has 0 N–H and O–H groups in total. The zero-order valence-corrected chi connectivity index (χ0v) is 17.2. The Hall–Kier alpha value is -4.01. The molecule has 4 heterocycles. The number of rotatable bonds is 2. The van der Waals surface area contributed by atoms with Gasteiger partial charge < -0.3 is 4.74 Å². The van der Waals surface area contributed by atoms with Crippen LogP contribution >= 0.6 is 0 Å². The molecule has 160 valence electrons. The summed E-state index contributed by atoms with van der Waals surface area (Å²) < 4.78 is 39.8. The largest absolute Gasteiger partial charge is 0.489 e. The molecule has 0 saturated carbocycles. The maximum atomic E-state index is 15.3. The maximum Gasteiger partial charge on any atom is 0.329 e. The van der Waals surface area contributed by atoms with Gasteiger partial charge in [-0.15, -0.1) is 0 Å². The zero-order chi connectivity index (χ0) is 22.1. The number of aromatic nitrogens is 5. The summed E-state index contributed by atoms with van der Waals surface area (Å²) in [5.74, 6) is -0.545. The van der Waals surface area contributed by atoms with Crippen molar-refractivity contribution in [1.29, 1.82) is 0 Å². The molecule has 0 radical (unpaired) electrons. The first kappa shape index (κ1) is 18.7. The van der Waals surface area contributed by atoms with Crippen molar-refractivity contribution in [3.63, 3.8) is 0 Å². The van der Waals surface area contributed by atoms with Gasteiger partial charge >= 0.3 is 5.69 Å². The average molecular weight is 433 g/mol. The number of imidazole rings is 1. The molecular weight excluding hydrogens is 416 g/mol. The molecule has 3 aromatic heterocycles. The van der Waals surface area contributed by atoms with Gasteiger partial charge in [-0.1, -0.05) is 12.1 Å². The van der Waals surface area contributed by atoms with E-state index >= 15 is 4.39 Å². The monoisotopic (exact) mass is 433 g/mol. The number of pyridine rings is 1. The van der Waals surface area contributed by atoms with Crippen molar-refractivity contribution in [3.05, 3.63) is 76.6 Å². The lowest BCUT2D eigenvalue weighted by atomic mass is 10.0. The highest BCUT2D eigenvalue weighted by molar-refractivity contribution is 6.09. The summed E-state index contributed by atoms with van der Waals surface area (Å²) in [6.45, 7) is 0.0607. The lowest BCUT2D eigenvalue weighted by molar-refractivity contribution is 0.278. The molecule has 0 bridgehead atoms. The summed E-state index contributed by atoms with van der Waals surface area (Å²) in [6.07, 6.45) is 4.84. The molecule has 5 aromatic rings. The minimum Gasteiger partial charge on any atom is -0.489 e. The Kier molecular flexibility index (Phi) is 3.80. The van der Waals surface area contributed by atoms with Gasteiger partial charge in [0.25, 0.3) is 0 Å². The highest BCUT2D eigenvalue weighted by atomic mass is 19.1. The highest BCUT2D eigenvalue weighted by Crippen LogP contribution is 2.44. The van der Waals surface area contributed by atoms with Crippen LogP contribution in [0.2, 0.25) is 0 Å². The van der Waals surface area contributed by atoms with Crippen molar-refractivity contribution in [1.82, 2.24) is 23.9 Å². The number of benzene rings is 2. The molecular formula is C23H17F2N5O2. The highest BCUT2D eigenvalue weighted by Gasteiger charge is 2.31. The second-order valence-electron chi connectivity index (χ2n) is 7.94. The van der Waals surface area contributed by atoms with Gasteiger partial charge in [0.2, 0.25) is 0 Å². The molecule has 0 saturated heterocycles. The second-order valence-corrected chi connectivity index (χ2v) is 7.94. The van der Waals surface area contributed by atoms with Crippen molar-refractivity contribution in [2.24, 2.45) is 14.1 Å². The van der Waals surface area contributed by atoms with Crippen LogP contribution in [0.15, 0.2) is 53.7 Å². The van der Waals surface area contributed by atoms with Crippen LogP contribution in [-0.4, -0.2) is 30.5 Å². The normalized spacial score (nSPS) is 15.4. The van der Waals surface area contributed by atoms with E-state index in [2.05, 4.69) is 10.1 Å². The Bertz CT molecular complexity index is 1600. The Morgan fingerprint density at radius 3 is 2.62 bits per heavy atom. The van der Waals surface area contributed by atoms with Crippen LogP contribution in [0.25, 0.3) is 33.1 Å². The quantitative estimate of drug-likeness (QED) is 0.427. The Morgan fingerprint density at radius 1 is 1.12 bits per heavy atom. The van der Waals surface area contributed by atoms with Gasteiger partial charge in [0.1, 0.15) is 24.0 Å². The summed E-state index contributed by atoms with van der Waals surface area (Å²) in [5, 5.41) is 4.72.